The van der Waals surface area contributed by atoms with Gasteiger partial charge in [-0.15, -0.1) is 0 Å². The average molecular weight is 853 g/mol. The molecular formula is C60H60N4O. The lowest BCUT2D eigenvalue weighted by atomic mass is 9.81. The molecule has 65 heavy (non-hydrogen) atoms. The number of benzene rings is 6. The van der Waals surface area contributed by atoms with Gasteiger partial charge in [0.15, 0.2) is 0 Å². The Labute approximate surface area is 384 Å². The van der Waals surface area contributed by atoms with Crippen LogP contribution in [0.5, 0.6) is 0 Å². The topological polar surface area (TPSA) is 45.4 Å². The predicted octanol–water partition coefficient (Wildman–Crippen LogP) is 17.0. The number of pyridine rings is 2. The van der Waals surface area contributed by atoms with E-state index in [1.54, 1.807) is 0 Å². The minimum Gasteiger partial charge on any atom is -0.455 e. The van der Waals surface area contributed by atoms with Crippen molar-refractivity contribution in [2.24, 2.45) is 0 Å². The number of nitrogens with zero attached hydrogens (tertiary/aromatic N) is 4. The molecule has 6 aromatic carbocycles. The number of hydrogen-bond donors (Lipinski definition) is 0. The van der Waals surface area contributed by atoms with Gasteiger partial charge in [-0.05, 0) is 122 Å². The maximum atomic E-state index is 7.18. The van der Waals surface area contributed by atoms with E-state index < -0.39 is 5.41 Å². The van der Waals surface area contributed by atoms with E-state index in [2.05, 4.69) is 226 Å². The summed E-state index contributed by atoms with van der Waals surface area (Å²) >= 11 is 0. The van der Waals surface area contributed by atoms with Gasteiger partial charge in [0.1, 0.15) is 22.8 Å². The van der Waals surface area contributed by atoms with E-state index in [9.17, 15) is 0 Å². The number of para-hydroxylation sites is 1. The third-order valence-electron chi connectivity index (χ3n) is 13.7. The molecule has 0 N–H and O–H groups in total. The Morgan fingerprint density at radius 1 is 0.477 bits per heavy atom. The third-order valence-corrected chi connectivity index (χ3v) is 13.7. The second-order valence-electron chi connectivity index (χ2n) is 21.7. The highest BCUT2D eigenvalue weighted by atomic mass is 16.3. The Bertz CT molecular complexity index is 3210. The zero-order chi connectivity index (χ0) is 45.8. The maximum absolute atomic E-state index is 7.18. The Morgan fingerprint density at radius 2 is 0.954 bits per heavy atom. The second-order valence-corrected chi connectivity index (χ2v) is 21.7. The van der Waals surface area contributed by atoms with E-state index in [4.69, 9.17) is 14.4 Å². The van der Waals surface area contributed by atoms with Crippen LogP contribution >= 0.6 is 0 Å². The van der Waals surface area contributed by atoms with Crippen molar-refractivity contribution in [1.82, 2.24) is 9.97 Å². The van der Waals surface area contributed by atoms with Gasteiger partial charge in [-0.1, -0.05) is 155 Å². The molecule has 5 heteroatoms. The second kappa shape index (κ2) is 14.9. The van der Waals surface area contributed by atoms with Crippen LogP contribution < -0.4 is 9.80 Å². The number of aryl methyl sites for hydroxylation is 1. The number of fused-ring (bicyclic) bond motifs is 9. The highest BCUT2D eigenvalue weighted by molar-refractivity contribution is 6.22. The molecule has 9 aromatic rings. The number of aromatic nitrogens is 2. The van der Waals surface area contributed by atoms with E-state index in [0.29, 0.717) is 0 Å². The van der Waals surface area contributed by atoms with Crippen molar-refractivity contribution in [3.8, 4) is 11.1 Å². The molecule has 0 saturated heterocycles. The Balaban J connectivity index is 1.26. The molecule has 0 spiro atoms. The number of anilines is 6. The minimum absolute atomic E-state index is 0.00989. The summed E-state index contributed by atoms with van der Waals surface area (Å²) in [7, 11) is 0. The van der Waals surface area contributed by atoms with Crippen molar-refractivity contribution >= 4 is 67.1 Å². The normalized spacial score (nSPS) is 13.7. The van der Waals surface area contributed by atoms with Crippen molar-refractivity contribution in [2.75, 3.05) is 9.80 Å². The van der Waals surface area contributed by atoms with Gasteiger partial charge in [0.05, 0.1) is 16.8 Å². The first-order valence-electron chi connectivity index (χ1n) is 23.1. The highest BCUT2D eigenvalue weighted by Crippen LogP contribution is 2.59. The van der Waals surface area contributed by atoms with Crippen LogP contribution in [-0.4, -0.2) is 9.97 Å². The summed E-state index contributed by atoms with van der Waals surface area (Å²) in [5.74, 6) is 1.73. The molecule has 0 fully saturated rings. The smallest absolute Gasteiger partial charge is 0.145 e. The lowest BCUT2D eigenvalue weighted by Crippen LogP contribution is -2.19. The van der Waals surface area contributed by atoms with E-state index in [0.717, 1.165) is 72.8 Å². The van der Waals surface area contributed by atoms with Crippen LogP contribution in [0.2, 0.25) is 0 Å². The molecule has 10 rings (SSSR count). The fourth-order valence-electron chi connectivity index (χ4n) is 9.81. The summed E-state index contributed by atoms with van der Waals surface area (Å²) in [5.41, 5.74) is 15.3. The van der Waals surface area contributed by atoms with E-state index in [1.165, 1.54) is 38.8 Å². The molecule has 0 amide bonds. The summed E-state index contributed by atoms with van der Waals surface area (Å²) in [6.07, 6.45) is 4.01. The standard InChI is InChI=1S/C60H60N4O/c1-37-21-31-51(61-35-37)63(41-27-22-38(23-28-41)57(2,3)4)48-33-46-53(44-18-14-13-17-43(44)48)55-47(60(46,11)12)34-49(54-45-19-15-16-20-50(45)65-56(54)55)64(42-29-24-39(25-30-42)58(5,6)7)52-32-26-40(36-62-52)59(8,9)10/h13-36H,1-12H3. The van der Waals surface area contributed by atoms with Crippen LogP contribution in [0.1, 0.15) is 110 Å². The molecule has 0 unspecified atom stereocenters. The van der Waals surface area contributed by atoms with Gasteiger partial charge < -0.3 is 4.42 Å². The predicted molar refractivity (Wildman–Crippen MR) is 275 cm³/mol. The SMILES string of the molecule is Cc1ccc(N(c2ccc(C(C)(C)C)cc2)c2cc3c(c4ccccc24)-c2c(cc(N(c4ccc(C(C)(C)C)cc4)c4ccc(C(C)(C)C)cn4)c4c2oc2ccccc24)C3(C)C)nc1. The van der Waals surface area contributed by atoms with Crippen LogP contribution in [0.15, 0.2) is 150 Å². The van der Waals surface area contributed by atoms with Gasteiger partial charge >= 0.3 is 0 Å². The molecule has 5 nitrogen and oxygen atoms in total. The molecule has 0 aliphatic heterocycles. The molecule has 3 heterocycles. The zero-order valence-electron chi connectivity index (χ0n) is 40.1. The zero-order valence-corrected chi connectivity index (χ0v) is 40.1. The number of rotatable bonds is 6. The Kier molecular flexibility index (Phi) is 9.70. The van der Waals surface area contributed by atoms with E-state index in [-0.39, 0.29) is 16.2 Å². The summed E-state index contributed by atoms with van der Waals surface area (Å²) in [6, 6.07) is 49.0. The molecule has 1 aliphatic rings. The summed E-state index contributed by atoms with van der Waals surface area (Å²) in [4.78, 5) is 15.0. The van der Waals surface area contributed by atoms with Gasteiger partial charge in [-0.3, -0.25) is 9.80 Å². The van der Waals surface area contributed by atoms with Crippen molar-refractivity contribution in [2.45, 2.75) is 105 Å². The molecule has 326 valence electrons. The van der Waals surface area contributed by atoms with Crippen molar-refractivity contribution < 1.29 is 4.42 Å². The quantitative estimate of drug-likeness (QED) is 0.167. The monoisotopic (exact) mass is 852 g/mol. The molecule has 1 aliphatic carbocycles. The molecule has 3 aromatic heterocycles. The molecule has 0 atom stereocenters. The van der Waals surface area contributed by atoms with Gasteiger partial charge in [0.2, 0.25) is 0 Å². The molecule has 0 radical (unpaired) electrons. The van der Waals surface area contributed by atoms with Crippen molar-refractivity contribution in [3.63, 3.8) is 0 Å². The third kappa shape index (κ3) is 7.08. The molecule has 0 saturated carbocycles. The summed E-state index contributed by atoms with van der Waals surface area (Å²) in [5, 5.41) is 4.47. The van der Waals surface area contributed by atoms with E-state index >= 15 is 0 Å². The summed E-state index contributed by atoms with van der Waals surface area (Å²) in [6.45, 7) is 27.2. The average Bonchev–Trinajstić information content (AvgIpc) is 3.77. The van der Waals surface area contributed by atoms with Gasteiger partial charge in [0.25, 0.3) is 0 Å². The number of hydrogen-bond acceptors (Lipinski definition) is 5. The first kappa shape index (κ1) is 42.2. The van der Waals surface area contributed by atoms with Crippen LogP contribution in [-0.2, 0) is 21.7 Å². The number of furan rings is 1. The van der Waals surface area contributed by atoms with Crippen LogP contribution in [0.3, 0.4) is 0 Å². The van der Waals surface area contributed by atoms with Crippen molar-refractivity contribution in [1.29, 1.82) is 0 Å². The highest BCUT2D eigenvalue weighted by Gasteiger charge is 2.42. The van der Waals surface area contributed by atoms with Crippen LogP contribution in [0.4, 0.5) is 34.4 Å². The van der Waals surface area contributed by atoms with Gasteiger partial charge in [-0.2, -0.15) is 0 Å². The fourth-order valence-corrected chi connectivity index (χ4v) is 9.81. The minimum atomic E-state index is -0.431. The maximum Gasteiger partial charge on any atom is 0.145 e. The molecular weight excluding hydrogens is 793 g/mol. The molecule has 0 bridgehead atoms. The lowest BCUT2D eigenvalue weighted by Gasteiger charge is -2.30. The van der Waals surface area contributed by atoms with Crippen molar-refractivity contribution in [3.05, 3.63) is 179 Å². The largest absolute Gasteiger partial charge is 0.455 e. The first-order valence-corrected chi connectivity index (χ1v) is 23.1. The van der Waals surface area contributed by atoms with Gasteiger partial charge in [0, 0.05) is 45.5 Å². The fraction of sp³-hybridized carbons (Fsp3) is 0.267. The van der Waals surface area contributed by atoms with Gasteiger partial charge in [-0.25, -0.2) is 9.97 Å². The lowest BCUT2D eigenvalue weighted by molar-refractivity contribution is 0.587. The van der Waals surface area contributed by atoms with E-state index in [1.807, 2.05) is 12.4 Å². The Hall–Kier alpha value is -6.72. The first-order chi connectivity index (χ1) is 30.8. The summed E-state index contributed by atoms with van der Waals surface area (Å²) < 4.78 is 7.18. The van der Waals surface area contributed by atoms with Crippen LogP contribution in [0.25, 0.3) is 43.8 Å². The Morgan fingerprint density at radius 3 is 1.49 bits per heavy atom. The van der Waals surface area contributed by atoms with Crippen LogP contribution in [0, 0.1) is 6.92 Å².